The summed E-state index contributed by atoms with van der Waals surface area (Å²) in [5, 5.41) is 8.48. The predicted octanol–water partition coefficient (Wildman–Crippen LogP) is 4.09. The van der Waals surface area contributed by atoms with Crippen LogP contribution in [0.1, 0.15) is 38.5 Å². The Morgan fingerprint density at radius 3 is 2.30 bits per heavy atom. The molecule has 0 saturated heterocycles. The van der Waals surface area contributed by atoms with E-state index >= 15 is 0 Å². The zero-order valence-corrected chi connectivity index (χ0v) is 13.7. The van der Waals surface area contributed by atoms with Crippen molar-refractivity contribution in [2.24, 2.45) is 5.92 Å². The molecule has 108 valence electrons. The Bertz CT molecular complexity index is 599. The molecule has 1 saturated carbocycles. The van der Waals surface area contributed by atoms with Crippen molar-refractivity contribution >= 4 is 25.8 Å². The Morgan fingerprint density at radius 2 is 1.75 bits per heavy atom. The number of rotatable bonds is 3. The van der Waals surface area contributed by atoms with Crippen LogP contribution in [0.3, 0.4) is 0 Å². The van der Waals surface area contributed by atoms with Crippen LogP contribution in [-0.4, -0.2) is 13.7 Å². The standard InChI is InChI=1S/C15H18BrNO2S/c16-13-9-5-6-10-14(13)20(18,19)15(11-17)12-7-3-1-2-4-8-12/h5-6,9-10,12,15H,1-4,7-8H2. The van der Waals surface area contributed by atoms with Crippen LogP contribution in [0.5, 0.6) is 0 Å². The summed E-state index contributed by atoms with van der Waals surface area (Å²) < 4.78 is 26.0. The van der Waals surface area contributed by atoms with Gasteiger partial charge in [0, 0.05) is 4.47 Å². The second kappa shape index (κ2) is 6.73. The second-order valence-electron chi connectivity index (χ2n) is 5.28. The Labute approximate surface area is 129 Å². The number of halogens is 1. The van der Waals surface area contributed by atoms with E-state index < -0.39 is 15.1 Å². The molecule has 2 rings (SSSR count). The van der Waals surface area contributed by atoms with Gasteiger partial charge >= 0.3 is 0 Å². The van der Waals surface area contributed by atoms with E-state index in [4.69, 9.17) is 0 Å². The molecular formula is C15H18BrNO2S. The molecule has 1 aromatic carbocycles. The minimum Gasteiger partial charge on any atom is -0.222 e. The lowest BCUT2D eigenvalue weighted by Crippen LogP contribution is -2.28. The first-order valence-electron chi connectivity index (χ1n) is 6.95. The van der Waals surface area contributed by atoms with Crippen LogP contribution < -0.4 is 0 Å². The molecule has 1 aromatic rings. The fraction of sp³-hybridized carbons (Fsp3) is 0.533. The Kier molecular flexibility index (Phi) is 5.22. The van der Waals surface area contributed by atoms with Gasteiger partial charge in [-0.25, -0.2) is 8.42 Å². The molecule has 1 unspecified atom stereocenters. The number of nitriles is 1. The van der Waals surface area contributed by atoms with E-state index in [0.29, 0.717) is 4.47 Å². The summed E-state index contributed by atoms with van der Waals surface area (Å²) in [6.45, 7) is 0. The molecule has 1 aliphatic carbocycles. The summed E-state index contributed by atoms with van der Waals surface area (Å²) >= 11 is 3.28. The molecule has 0 heterocycles. The highest BCUT2D eigenvalue weighted by Gasteiger charge is 2.35. The lowest BCUT2D eigenvalue weighted by molar-refractivity contribution is 0.459. The normalized spacial score (nSPS) is 19.0. The van der Waals surface area contributed by atoms with Gasteiger partial charge in [-0.1, -0.05) is 37.8 Å². The van der Waals surface area contributed by atoms with Gasteiger partial charge in [-0.05, 0) is 46.8 Å². The first-order chi connectivity index (χ1) is 9.57. The SMILES string of the molecule is N#CC(C1CCCCCC1)S(=O)(=O)c1ccccc1Br. The molecule has 0 spiro atoms. The van der Waals surface area contributed by atoms with Crippen LogP contribution in [0.4, 0.5) is 0 Å². The maximum Gasteiger partial charge on any atom is 0.195 e. The van der Waals surface area contributed by atoms with Gasteiger partial charge in [0.15, 0.2) is 15.1 Å². The Morgan fingerprint density at radius 1 is 1.15 bits per heavy atom. The van der Waals surface area contributed by atoms with Crippen LogP contribution >= 0.6 is 15.9 Å². The maximum absolute atomic E-state index is 12.7. The van der Waals surface area contributed by atoms with E-state index in [-0.39, 0.29) is 10.8 Å². The van der Waals surface area contributed by atoms with Crippen molar-refractivity contribution in [1.82, 2.24) is 0 Å². The maximum atomic E-state index is 12.7. The summed E-state index contributed by atoms with van der Waals surface area (Å²) in [6.07, 6.45) is 6.00. The van der Waals surface area contributed by atoms with E-state index in [1.54, 1.807) is 24.3 Å². The fourth-order valence-corrected chi connectivity index (χ4v) is 5.62. The van der Waals surface area contributed by atoms with E-state index in [0.717, 1.165) is 38.5 Å². The number of benzene rings is 1. The molecular weight excluding hydrogens is 338 g/mol. The molecule has 1 fully saturated rings. The van der Waals surface area contributed by atoms with Crippen LogP contribution in [0.25, 0.3) is 0 Å². The molecule has 1 atom stereocenters. The molecule has 0 radical (unpaired) electrons. The minimum absolute atomic E-state index is 0.0420. The third-order valence-corrected chi connectivity index (χ3v) is 7.01. The van der Waals surface area contributed by atoms with Gasteiger partial charge in [0.1, 0.15) is 0 Å². The van der Waals surface area contributed by atoms with E-state index in [2.05, 4.69) is 22.0 Å². The lowest BCUT2D eigenvalue weighted by atomic mass is 9.97. The van der Waals surface area contributed by atoms with Crippen molar-refractivity contribution in [3.8, 4) is 6.07 Å². The quantitative estimate of drug-likeness (QED) is 0.767. The first kappa shape index (κ1) is 15.5. The summed E-state index contributed by atoms with van der Waals surface area (Å²) in [5.41, 5.74) is 0. The van der Waals surface area contributed by atoms with Gasteiger partial charge in [0.2, 0.25) is 0 Å². The van der Waals surface area contributed by atoms with Crippen molar-refractivity contribution in [3.63, 3.8) is 0 Å². The van der Waals surface area contributed by atoms with Crippen LogP contribution in [0.15, 0.2) is 33.6 Å². The monoisotopic (exact) mass is 355 g/mol. The van der Waals surface area contributed by atoms with Crippen molar-refractivity contribution in [3.05, 3.63) is 28.7 Å². The topological polar surface area (TPSA) is 57.9 Å². The smallest absolute Gasteiger partial charge is 0.195 e. The highest BCUT2D eigenvalue weighted by molar-refractivity contribution is 9.10. The number of hydrogen-bond acceptors (Lipinski definition) is 3. The number of nitrogens with zero attached hydrogens (tertiary/aromatic N) is 1. The van der Waals surface area contributed by atoms with Crippen molar-refractivity contribution in [2.45, 2.75) is 48.7 Å². The molecule has 0 aliphatic heterocycles. The van der Waals surface area contributed by atoms with Crippen molar-refractivity contribution < 1.29 is 8.42 Å². The van der Waals surface area contributed by atoms with Gasteiger partial charge in [0.05, 0.1) is 11.0 Å². The van der Waals surface area contributed by atoms with Crippen LogP contribution in [0.2, 0.25) is 0 Å². The molecule has 0 amide bonds. The number of sulfone groups is 1. The van der Waals surface area contributed by atoms with Gasteiger partial charge in [-0.2, -0.15) is 5.26 Å². The molecule has 20 heavy (non-hydrogen) atoms. The second-order valence-corrected chi connectivity index (χ2v) is 8.17. The summed E-state index contributed by atoms with van der Waals surface area (Å²) in [4.78, 5) is 0.232. The zero-order chi connectivity index (χ0) is 14.6. The Hall–Kier alpha value is -0.860. The van der Waals surface area contributed by atoms with Crippen molar-refractivity contribution in [1.29, 1.82) is 5.26 Å². The van der Waals surface area contributed by atoms with Gasteiger partial charge in [-0.15, -0.1) is 0 Å². The first-order valence-corrected chi connectivity index (χ1v) is 9.29. The Balaban J connectivity index is 2.35. The van der Waals surface area contributed by atoms with E-state index in [9.17, 15) is 13.7 Å². The third-order valence-electron chi connectivity index (χ3n) is 3.93. The molecule has 1 aliphatic rings. The largest absolute Gasteiger partial charge is 0.222 e. The highest BCUT2D eigenvalue weighted by atomic mass is 79.9. The summed E-state index contributed by atoms with van der Waals surface area (Å²) in [7, 11) is -3.61. The third kappa shape index (κ3) is 3.24. The molecule has 0 aromatic heterocycles. The molecule has 0 N–H and O–H groups in total. The molecule has 0 bridgehead atoms. The van der Waals surface area contributed by atoms with Gasteiger partial charge in [0.25, 0.3) is 0 Å². The van der Waals surface area contributed by atoms with Crippen LogP contribution in [0, 0.1) is 17.2 Å². The average molecular weight is 356 g/mol. The van der Waals surface area contributed by atoms with Crippen molar-refractivity contribution in [2.75, 3.05) is 0 Å². The molecule has 5 heteroatoms. The van der Waals surface area contributed by atoms with Gasteiger partial charge in [-0.3, -0.25) is 0 Å². The average Bonchev–Trinajstić information content (AvgIpc) is 2.68. The predicted molar refractivity (Wildman–Crippen MR) is 81.9 cm³/mol. The van der Waals surface area contributed by atoms with E-state index in [1.165, 1.54) is 0 Å². The van der Waals surface area contributed by atoms with E-state index in [1.807, 2.05) is 0 Å². The van der Waals surface area contributed by atoms with Gasteiger partial charge < -0.3 is 0 Å². The highest BCUT2D eigenvalue weighted by Crippen LogP contribution is 2.33. The zero-order valence-electron chi connectivity index (χ0n) is 11.3. The number of hydrogen-bond donors (Lipinski definition) is 0. The fourth-order valence-electron chi connectivity index (χ4n) is 2.85. The van der Waals surface area contributed by atoms with Crippen LogP contribution in [-0.2, 0) is 9.84 Å². The lowest BCUT2D eigenvalue weighted by Gasteiger charge is -2.20. The molecule has 3 nitrogen and oxygen atoms in total. The summed E-state index contributed by atoms with van der Waals surface area (Å²) in [6, 6.07) is 8.80. The minimum atomic E-state index is -3.61. The summed E-state index contributed by atoms with van der Waals surface area (Å²) in [5.74, 6) is -0.0420.